The highest BCUT2D eigenvalue weighted by atomic mass is 79.9. The van der Waals surface area contributed by atoms with Crippen molar-refractivity contribution in [2.75, 3.05) is 0 Å². The molecule has 4 nitrogen and oxygen atoms in total. The zero-order valence-electron chi connectivity index (χ0n) is 17.2. The maximum absolute atomic E-state index is 12.8. The molecule has 0 aliphatic carbocycles. The molecule has 1 aromatic rings. The van der Waals surface area contributed by atoms with Crippen LogP contribution in [-0.2, 0) is 9.53 Å². The molecule has 0 amide bonds. The predicted octanol–water partition coefficient (Wildman–Crippen LogP) is 5.69. The molecule has 0 spiro atoms. The van der Waals surface area contributed by atoms with E-state index in [0.717, 1.165) is 21.2 Å². The van der Waals surface area contributed by atoms with E-state index in [9.17, 15) is 4.79 Å². The molecule has 0 saturated carbocycles. The number of rotatable bonds is 9. The van der Waals surface area contributed by atoms with Gasteiger partial charge in [0.1, 0.15) is 11.8 Å². The standard InChI is InChI=1S/C23H29BrN2O2/c1-14(2)21(24)13-12-16(4)23(27)22(17(5)25)26-19(7)28-18(6)20-11-9-8-10-15(20)3/h8-13,18,26H,1,7,25H2,2-6H3/b16-12+,21-13+,22-17+. The lowest BCUT2D eigenvalue weighted by atomic mass is 10.0. The number of ketones is 1. The Morgan fingerprint density at radius 1 is 1.21 bits per heavy atom. The molecule has 0 bridgehead atoms. The summed E-state index contributed by atoms with van der Waals surface area (Å²) in [5.74, 6) is 0.0296. The summed E-state index contributed by atoms with van der Waals surface area (Å²) in [5.41, 5.74) is 10.1. The first-order chi connectivity index (χ1) is 13.0. The van der Waals surface area contributed by atoms with Crippen molar-refractivity contribution in [2.24, 2.45) is 5.73 Å². The van der Waals surface area contributed by atoms with Crippen molar-refractivity contribution in [3.63, 3.8) is 0 Å². The summed E-state index contributed by atoms with van der Waals surface area (Å²) in [4.78, 5) is 12.8. The van der Waals surface area contributed by atoms with E-state index in [1.54, 1.807) is 26.0 Å². The van der Waals surface area contributed by atoms with Gasteiger partial charge in [-0.3, -0.25) is 4.79 Å². The Bertz CT molecular complexity index is 859. The van der Waals surface area contributed by atoms with Crippen LogP contribution in [0.3, 0.4) is 0 Å². The van der Waals surface area contributed by atoms with Crippen molar-refractivity contribution in [2.45, 2.75) is 40.7 Å². The van der Waals surface area contributed by atoms with Crippen LogP contribution in [0.25, 0.3) is 0 Å². The second kappa shape index (κ2) is 10.7. The lowest BCUT2D eigenvalue weighted by Crippen LogP contribution is -2.25. The molecule has 1 rings (SSSR count). The molecule has 28 heavy (non-hydrogen) atoms. The Hall–Kier alpha value is -2.53. The molecule has 0 radical (unpaired) electrons. The highest BCUT2D eigenvalue weighted by Gasteiger charge is 2.17. The van der Waals surface area contributed by atoms with Gasteiger partial charge in [-0.2, -0.15) is 0 Å². The zero-order valence-corrected chi connectivity index (χ0v) is 18.8. The number of carbonyl (C=O) groups is 1. The number of hydrogen-bond acceptors (Lipinski definition) is 4. The van der Waals surface area contributed by atoms with Gasteiger partial charge in [-0.25, -0.2) is 0 Å². The van der Waals surface area contributed by atoms with E-state index in [2.05, 4.69) is 34.4 Å². The van der Waals surface area contributed by atoms with Crippen LogP contribution < -0.4 is 11.1 Å². The first-order valence-electron chi connectivity index (χ1n) is 8.93. The third-order valence-corrected chi connectivity index (χ3v) is 5.02. The summed E-state index contributed by atoms with van der Waals surface area (Å²) in [7, 11) is 0. The highest BCUT2D eigenvalue weighted by Crippen LogP contribution is 2.22. The van der Waals surface area contributed by atoms with Gasteiger partial charge in [0.25, 0.3) is 0 Å². The van der Waals surface area contributed by atoms with Crippen molar-refractivity contribution in [1.82, 2.24) is 5.32 Å². The first-order valence-corrected chi connectivity index (χ1v) is 9.73. The van der Waals surface area contributed by atoms with E-state index in [1.807, 2.05) is 45.0 Å². The lowest BCUT2D eigenvalue weighted by Gasteiger charge is -2.21. The van der Waals surface area contributed by atoms with Gasteiger partial charge < -0.3 is 15.8 Å². The fraction of sp³-hybridized carbons (Fsp3) is 0.261. The smallest absolute Gasteiger partial charge is 0.206 e. The van der Waals surface area contributed by atoms with E-state index >= 15 is 0 Å². The second-order valence-electron chi connectivity index (χ2n) is 6.70. The van der Waals surface area contributed by atoms with E-state index in [4.69, 9.17) is 10.5 Å². The molecule has 0 saturated heterocycles. The molecule has 1 aromatic carbocycles. The van der Waals surface area contributed by atoms with Crippen LogP contribution in [0.2, 0.25) is 0 Å². The van der Waals surface area contributed by atoms with Gasteiger partial charge in [0.15, 0.2) is 5.88 Å². The maximum Gasteiger partial charge on any atom is 0.206 e. The lowest BCUT2D eigenvalue weighted by molar-refractivity contribution is -0.112. The molecule has 1 unspecified atom stereocenters. The Balaban J connectivity index is 2.92. The monoisotopic (exact) mass is 444 g/mol. The summed E-state index contributed by atoms with van der Waals surface area (Å²) in [6.07, 6.45) is 3.28. The van der Waals surface area contributed by atoms with Crippen LogP contribution in [0.4, 0.5) is 0 Å². The summed E-state index contributed by atoms with van der Waals surface area (Å²) < 4.78 is 6.68. The summed E-state index contributed by atoms with van der Waals surface area (Å²) in [6, 6.07) is 7.96. The Kier molecular flexibility index (Phi) is 9.00. The van der Waals surface area contributed by atoms with E-state index < -0.39 is 0 Å². The van der Waals surface area contributed by atoms with Gasteiger partial charge in [0, 0.05) is 10.2 Å². The molecular formula is C23H29BrN2O2. The minimum Gasteiger partial charge on any atom is -0.472 e. The van der Waals surface area contributed by atoms with Crippen molar-refractivity contribution in [1.29, 1.82) is 0 Å². The van der Waals surface area contributed by atoms with Crippen LogP contribution in [0, 0.1) is 6.92 Å². The second-order valence-corrected chi connectivity index (χ2v) is 7.55. The number of ether oxygens (including phenoxy) is 1. The highest BCUT2D eigenvalue weighted by molar-refractivity contribution is 9.12. The normalized spacial score (nSPS) is 14.1. The van der Waals surface area contributed by atoms with E-state index in [-0.39, 0.29) is 23.5 Å². The third kappa shape index (κ3) is 6.89. The van der Waals surface area contributed by atoms with Crippen LogP contribution in [0.5, 0.6) is 0 Å². The Morgan fingerprint density at radius 3 is 2.36 bits per heavy atom. The van der Waals surface area contributed by atoms with Crippen LogP contribution >= 0.6 is 15.9 Å². The number of halogens is 1. The minimum absolute atomic E-state index is 0.221. The molecule has 150 valence electrons. The molecule has 0 fully saturated rings. The molecule has 0 aromatic heterocycles. The minimum atomic E-state index is -0.230. The first kappa shape index (κ1) is 23.5. The van der Waals surface area contributed by atoms with Gasteiger partial charge >= 0.3 is 0 Å². The Morgan fingerprint density at radius 2 is 1.82 bits per heavy atom. The van der Waals surface area contributed by atoms with Crippen molar-refractivity contribution >= 4 is 21.7 Å². The molecule has 1 atom stereocenters. The quantitative estimate of drug-likeness (QED) is 0.291. The van der Waals surface area contributed by atoms with Gasteiger partial charge in [0.2, 0.25) is 5.78 Å². The summed E-state index contributed by atoms with van der Waals surface area (Å²) in [6.45, 7) is 16.9. The predicted molar refractivity (Wildman–Crippen MR) is 120 cm³/mol. The molecule has 0 aliphatic heterocycles. The summed E-state index contributed by atoms with van der Waals surface area (Å²) >= 11 is 3.40. The number of Topliss-reactive ketones (excluding diaryl/α,β-unsaturated/α-hetero) is 1. The fourth-order valence-corrected chi connectivity index (χ4v) is 2.57. The van der Waals surface area contributed by atoms with Crippen molar-refractivity contribution < 1.29 is 9.53 Å². The molecule has 0 aliphatic rings. The zero-order chi connectivity index (χ0) is 21.4. The average molecular weight is 445 g/mol. The van der Waals surface area contributed by atoms with Crippen molar-refractivity contribution in [3.05, 3.63) is 93.6 Å². The molecule has 5 heteroatoms. The van der Waals surface area contributed by atoms with Crippen LogP contribution in [0.1, 0.15) is 44.9 Å². The number of allylic oxidation sites excluding steroid dienone is 6. The number of aryl methyl sites for hydroxylation is 1. The largest absolute Gasteiger partial charge is 0.472 e. The Labute approximate surface area is 176 Å². The number of benzene rings is 1. The number of nitrogens with one attached hydrogen (secondary N) is 1. The topological polar surface area (TPSA) is 64.4 Å². The van der Waals surface area contributed by atoms with Gasteiger partial charge in [-0.1, -0.05) is 52.9 Å². The number of hydrogen-bond donors (Lipinski definition) is 2. The molecular weight excluding hydrogens is 416 g/mol. The van der Waals surface area contributed by atoms with Crippen LogP contribution in [0.15, 0.2) is 82.5 Å². The molecule has 3 N–H and O–H groups in total. The number of carbonyl (C=O) groups excluding carboxylic acids is 1. The van der Waals surface area contributed by atoms with Gasteiger partial charge in [-0.15, -0.1) is 0 Å². The average Bonchev–Trinajstić information content (AvgIpc) is 2.63. The maximum atomic E-state index is 12.8. The SMILES string of the molecule is C=C(N/C(C(=O)/C(C)=C/C=C(/Br)C(=C)C)=C(\C)N)OC(C)c1ccccc1C. The third-order valence-electron chi connectivity index (χ3n) is 4.08. The van der Waals surface area contributed by atoms with E-state index in [1.165, 1.54) is 0 Å². The number of nitrogens with two attached hydrogens (primary N) is 1. The van der Waals surface area contributed by atoms with Crippen molar-refractivity contribution in [3.8, 4) is 0 Å². The van der Waals surface area contributed by atoms with Crippen LogP contribution in [-0.4, -0.2) is 5.78 Å². The fourth-order valence-electron chi connectivity index (χ4n) is 2.44. The van der Waals surface area contributed by atoms with E-state index in [0.29, 0.717) is 11.3 Å². The summed E-state index contributed by atoms with van der Waals surface area (Å²) in [5, 5.41) is 2.93. The van der Waals surface area contributed by atoms with Gasteiger partial charge in [0.05, 0.1) is 0 Å². The molecule has 0 heterocycles. The van der Waals surface area contributed by atoms with Gasteiger partial charge in [-0.05, 0) is 69.5 Å².